The lowest BCUT2D eigenvalue weighted by molar-refractivity contribution is -0.137. The van der Waals surface area contributed by atoms with E-state index >= 15 is 0 Å². The molecule has 1 fully saturated rings. The molecule has 5 rings (SSSR count). The molecule has 0 unspecified atom stereocenters. The van der Waals surface area contributed by atoms with Gasteiger partial charge in [-0.15, -0.1) is 0 Å². The van der Waals surface area contributed by atoms with Gasteiger partial charge in [0.05, 0.1) is 24.7 Å². The quantitative estimate of drug-likeness (QED) is 0.311. The smallest absolute Gasteiger partial charge is 0.163 e. The van der Waals surface area contributed by atoms with Crippen LogP contribution in [0, 0.1) is 0 Å². The molecule has 1 aromatic heterocycles. The molecule has 3 aromatic carbocycles. The van der Waals surface area contributed by atoms with E-state index in [1.807, 2.05) is 20.2 Å². The van der Waals surface area contributed by atoms with E-state index in [0.29, 0.717) is 6.61 Å². The minimum Gasteiger partial charge on any atom is -0.348 e. The van der Waals surface area contributed by atoms with Crippen molar-refractivity contribution < 1.29 is 9.47 Å². The van der Waals surface area contributed by atoms with Crippen molar-refractivity contribution >= 4 is 6.08 Å². The van der Waals surface area contributed by atoms with E-state index in [0.717, 1.165) is 12.1 Å². The molecular formula is C30H30N2O2. The van der Waals surface area contributed by atoms with Crippen LogP contribution >= 0.6 is 0 Å². The Kier molecular flexibility index (Phi) is 6.18. The molecule has 2 heterocycles. The SMILES string of the molecule is CC1(C)OC[C@H](C/C=C\c2cn(C(c3ccccc3)(c3ccccc3)c3ccccc3)cn2)O1. The lowest BCUT2D eigenvalue weighted by Crippen LogP contribution is -2.36. The predicted molar refractivity (Wildman–Crippen MR) is 135 cm³/mol. The Morgan fingerprint density at radius 1 is 0.882 bits per heavy atom. The molecule has 0 radical (unpaired) electrons. The lowest BCUT2D eigenvalue weighted by Gasteiger charge is -2.37. The van der Waals surface area contributed by atoms with Crippen molar-refractivity contribution in [2.24, 2.45) is 0 Å². The monoisotopic (exact) mass is 450 g/mol. The Morgan fingerprint density at radius 3 is 1.88 bits per heavy atom. The molecule has 0 N–H and O–H groups in total. The van der Waals surface area contributed by atoms with E-state index in [1.54, 1.807) is 0 Å². The maximum atomic E-state index is 5.92. The third-order valence-corrected chi connectivity index (χ3v) is 6.32. The molecule has 0 spiro atoms. The molecule has 1 aliphatic rings. The largest absolute Gasteiger partial charge is 0.348 e. The van der Waals surface area contributed by atoms with Crippen LogP contribution in [-0.4, -0.2) is 28.0 Å². The van der Waals surface area contributed by atoms with Crippen LogP contribution in [0.2, 0.25) is 0 Å². The first-order valence-corrected chi connectivity index (χ1v) is 11.8. The fraction of sp³-hybridized carbons (Fsp3) is 0.233. The normalized spacial score (nSPS) is 17.9. The Morgan fingerprint density at radius 2 is 1.41 bits per heavy atom. The average Bonchev–Trinajstić information content (AvgIpc) is 3.48. The van der Waals surface area contributed by atoms with E-state index in [-0.39, 0.29) is 6.10 Å². The molecule has 0 amide bonds. The zero-order chi connectivity index (χ0) is 23.4. The summed E-state index contributed by atoms with van der Waals surface area (Å²) >= 11 is 0. The van der Waals surface area contributed by atoms with Gasteiger partial charge >= 0.3 is 0 Å². The van der Waals surface area contributed by atoms with Crippen LogP contribution in [0.15, 0.2) is 110 Å². The van der Waals surface area contributed by atoms with E-state index in [1.165, 1.54) is 16.7 Å². The highest BCUT2D eigenvalue weighted by atomic mass is 16.7. The summed E-state index contributed by atoms with van der Waals surface area (Å²) in [6, 6.07) is 31.9. The molecule has 1 aliphatic heterocycles. The van der Waals surface area contributed by atoms with Crippen molar-refractivity contribution in [1.82, 2.24) is 9.55 Å². The first kappa shape index (κ1) is 22.3. The number of rotatable bonds is 7. The average molecular weight is 451 g/mol. The zero-order valence-electron chi connectivity index (χ0n) is 19.7. The second kappa shape index (κ2) is 9.41. The van der Waals surface area contributed by atoms with Crippen molar-refractivity contribution in [2.75, 3.05) is 6.61 Å². The first-order valence-electron chi connectivity index (χ1n) is 11.8. The molecule has 172 valence electrons. The summed E-state index contributed by atoms with van der Waals surface area (Å²) < 4.78 is 13.8. The Hall–Kier alpha value is -3.47. The van der Waals surface area contributed by atoms with Gasteiger partial charge in [-0.1, -0.05) is 97.1 Å². The van der Waals surface area contributed by atoms with Gasteiger partial charge in [0.2, 0.25) is 0 Å². The zero-order valence-corrected chi connectivity index (χ0v) is 19.7. The number of aromatic nitrogens is 2. The van der Waals surface area contributed by atoms with E-state index in [4.69, 9.17) is 14.5 Å². The second-order valence-corrected chi connectivity index (χ2v) is 9.10. The molecule has 34 heavy (non-hydrogen) atoms. The van der Waals surface area contributed by atoms with Crippen molar-refractivity contribution in [3.63, 3.8) is 0 Å². The molecule has 4 aromatic rings. The summed E-state index contributed by atoms with van der Waals surface area (Å²) in [5, 5.41) is 0. The van der Waals surface area contributed by atoms with E-state index < -0.39 is 11.3 Å². The van der Waals surface area contributed by atoms with Crippen LogP contribution in [0.4, 0.5) is 0 Å². The number of ether oxygens (including phenoxy) is 2. The first-order chi connectivity index (χ1) is 16.6. The summed E-state index contributed by atoms with van der Waals surface area (Å²) in [6.45, 7) is 4.52. The van der Waals surface area contributed by atoms with Gasteiger partial charge in [0.1, 0.15) is 5.54 Å². The molecule has 0 aliphatic carbocycles. The maximum Gasteiger partial charge on any atom is 0.163 e. The molecule has 4 nitrogen and oxygen atoms in total. The van der Waals surface area contributed by atoms with Crippen LogP contribution < -0.4 is 0 Å². The minimum atomic E-state index is -0.546. The van der Waals surface area contributed by atoms with Gasteiger partial charge in [0, 0.05) is 6.20 Å². The van der Waals surface area contributed by atoms with Crippen LogP contribution in [0.25, 0.3) is 6.08 Å². The van der Waals surface area contributed by atoms with E-state index in [9.17, 15) is 0 Å². The summed E-state index contributed by atoms with van der Waals surface area (Å²) in [4.78, 5) is 4.76. The number of benzene rings is 3. The minimum absolute atomic E-state index is 0.0744. The summed E-state index contributed by atoms with van der Waals surface area (Å²) in [6.07, 6.45) is 9.11. The van der Waals surface area contributed by atoms with Gasteiger partial charge in [-0.05, 0) is 43.0 Å². The Bertz CT molecular complexity index is 1130. The standard InChI is InChI=1S/C30H30N2O2/c1-29(2)33-22-28(34-29)20-12-19-27-21-32(23-31-27)30(24-13-6-3-7-14-24,25-15-8-4-9-16-25)26-17-10-5-11-18-26/h3-19,21,23,28H,20,22H2,1-2H3/b19-12-/t28-/m0/s1. The van der Waals surface area contributed by atoms with Gasteiger partial charge in [0.25, 0.3) is 0 Å². The summed E-state index contributed by atoms with van der Waals surface area (Å²) in [7, 11) is 0. The Balaban J connectivity index is 1.56. The maximum absolute atomic E-state index is 5.92. The van der Waals surface area contributed by atoms with Crippen molar-refractivity contribution in [2.45, 2.75) is 37.7 Å². The van der Waals surface area contributed by atoms with Gasteiger partial charge in [-0.2, -0.15) is 0 Å². The summed E-state index contributed by atoms with van der Waals surface area (Å²) in [5.74, 6) is -0.499. The van der Waals surface area contributed by atoms with Gasteiger partial charge in [0.15, 0.2) is 5.79 Å². The van der Waals surface area contributed by atoms with Crippen LogP contribution in [0.1, 0.15) is 42.7 Å². The molecule has 4 heteroatoms. The molecule has 0 bridgehead atoms. The number of hydrogen-bond donors (Lipinski definition) is 0. The second-order valence-electron chi connectivity index (χ2n) is 9.10. The highest BCUT2D eigenvalue weighted by Crippen LogP contribution is 2.40. The van der Waals surface area contributed by atoms with Crippen LogP contribution in [-0.2, 0) is 15.0 Å². The van der Waals surface area contributed by atoms with Gasteiger partial charge in [-0.3, -0.25) is 0 Å². The van der Waals surface area contributed by atoms with Crippen molar-refractivity contribution in [3.8, 4) is 0 Å². The molecule has 0 saturated carbocycles. The molecular weight excluding hydrogens is 420 g/mol. The number of hydrogen-bond acceptors (Lipinski definition) is 3. The number of nitrogens with zero attached hydrogens (tertiary/aromatic N) is 2. The van der Waals surface area contributed by atoms with Gasteiger partial charge in [-0.25, -0.2) is 4.98 Å². The van der Waals surface area contributed by atoms with Crippen molar-refractivity contribution in [1.29, 1.82) is 0 Å². The lowest BCUT2D eigenvalue weighted by atomic mass is 9.77. The number of imidazole rings is 1. The topological polar surface area (TPSA) is 36.3 Å². The highest BCUT2D eigenvalue weighted by molar-refractivity contribution is 5.52. The predicted octanol–water partition coefficient (Wildman–Crippen LogP) is 6.28. The fourth-order valence-electron chi connectivity index (χ4n) is 4.81. The van der Waals surface area contributed by atoms with Crippen LogP contribution in [0.3, 0.4) is 0 Å². The van der Waals surface area contributed by atoms with Crippen molar-refractivity contribution in [3.05, 3.63) is 132 Å². The van der Waals surface area contributed by atoms with Gasteiger partial charge < -0.3 is 14.0 Å². The van der Waals surface area contributed by atoms with Crippen LogP contribution in [0.5, 0.6) is 0 Å². The third kappa shape index (κ3) is 4.35. The highest BCUT2D eigenvalue weighted by Gasteiger charge is 2.38. The molecule has 1 atom stereocenters. The summed E-state index contributed by atoms with van der Waals surface area (Å²) in [5.41, 5.74) is 3.90. The molecule has 1 saturated heterocycles. The van der Waals surface area contributed by atoms with E-state index in [2.05, 4.69) is 114 Å². The fourth-order valence-corrected chi connectivity index (χ4v) is 4.81. The third-order valence-electron chi connectivity index (χ3n) is 6.32. The Labute approximate surface area is 201 Å².